The van der Waals surface area contributed by atoms with Crippen LogP contribution in [0.2, 0.25) is 0 Å². The third kappa shape index (κ3) is 6.47. The van der Waals surface area contributed by atoms with Crippen LogP contribution >= 0.6 is 0 Å². The Balaban J connectivity index is 2.31. The van der Waals surface area contributed by atoms with Crippen LogP contribution in [0.1, 0.15) is 43.1 Å². The van der Waals surface area contributed by atoms with Gasteiger partial charge in [0.1, 0.15) is 5.82 Å². The molecule has 0 unspecified atom stereocenters. The Morgan fingerprint density at radius 3 is 2.70 bits per heavy atom. The SMILES string of the molecule is CCCCCNc1ccc(C(=O)NCCCOC)nn1. The first-order valence-electron chi connectivity index (χ1n) is 7.12. The first-order chi connectivity index (χ1) is 9.77. The molecule has 0 aliphatic carbocycles. The summed E-state index contributed by atoms with van der Waals surface area (Å²) in [6.07, 6.45) is 4.28. The number of aromatic nitrogens is 2. The molecule has 1 aromatic rings. The first-order valence-corrected chi connectivity index (χ1v) is 7.12. The molecule has 6 nitrogen and oxygen atoms in total. The van der Waals surface area contributed by atoms with Gasteiger partial charge in [0.05, 0.1) is 0 Å². The molecule has 20 heavy (non-hydrogen) atoms. The summed E-state index contributed by atoms with van der Waals surface area (Å²) in [6, 6.07) is 3.46. The van der Waals surface area contributed by atoms with Crippen LogP contribution in [-0.4, -0.2) is 42.9 Å². The molecular weight excluding hydrogens is 256 g/mol. The lowest BCUT2D eigenvalue weighted by molar-refractivity contribution is 0.0942. The molecule has 0 aliphatic heterocycles. The Hall–Kier alpha value is -1.69. The summed E-state index contributed by atoms with van der Waals surface area (Å²) in [5, 5.41) is 13.9. The third-order valence-electron chi connectivity index (χ3n) is 2.79. The van der Waals surface area contributed by atoms with Gasteiger partial charge in [-0.3, -0.25) is 4.79 Å². The molecule has 112 valence electrons. The molecule has 0 saturated carbocycles. The van der Waals surface area contributed by atoms with Gasteiger partial charge < -0.3 is 15.4 Å². The molecule has 0 spiro atoms. The van der Waals surface area contributed by atoms with E-state index in [4.69, 9.17) is 4.74 Å². The van der Waals surface area contributed by atoms with Gasteiger partial charge in [0.25, 0.3) is 5.91 Å². The number of amides is 1. The smallest absolute Gasteiger partial charge is 0.271 e. The van der Waals surface area contributed by atoms with Gasteiger partial charge in [-0.2, -0.15) is 0 Å². The maximum absolute atomic E-state index is 11.7. The largest absolute Gasteiger partial charge is 0.385 e. The van der Waals surface area contributed by atoms with Crippen LogP contribution in [-0.2, 0) is 4.74 Å². The highest BCUT2D eigenvalue weighted by molar-refractivity contribution is 5.92. The van der Waals surface area contributed by atoms with Gasteiger partial charge >= 0.3 is 0 Å². The quantitative estimate of drug-likeness (QED) is 0.640. The van der Waals surface area contributed by atoms with Crippen LogP contribution in [0.15, 0.2) is 12.1 Å². The number of methoxy groups -OCH3 is 1. The van der Waals surface area contributed by atoms with E-state index in [1.807, 2.05) is 0 Å². The standard InChI is InChI=1S/C14H24N4O2/c1-3-4-5-9-15-13-8-7-12(17-18-13)14(19)16-10-6-11-20-2/h7-8H,3-6,9-11H2,1-2H3,(H,15,18)(H,16,19). The van der Waals surface area contributed by atoms with Crippen LogP contribution in [0.5, 0.6) is 0 Å². The fourth-order valence-electron chi connectivity index (χ4n) is 1.65. The molecule has 2 N–H and O–H groups in total. The molecule has 0 fully saturated rings. The van der Waals surface area contributed by atoms with Crippen molar-refractivity contribution in [2.75, 3.05) is 32.1 Å². The van der Waals surface area contributed by atoms with E-state index in [9.17, 15) is 4.79 Å². The topological polar surface area (TPSA) is 76.1 Å². The average Bonchev–Trinajstić information content (AvgIpc) is 2.48. The Morgan fingerprint density at radius 1 is 1.20 bits per heavy atom. The second kappa shape index (κ2) is 10.1. The zero-order valence-corrected chi connectivity index (χ0v) is 12.3. The van der Waals surface area contributed by atoms with E-state index >= 15 is 0 Å². The molecule has 0 atom stereocenters. The summed E-state index contributed by atoms with van der Waals surface area (Å²) < 4.78 is 4.91. The van der Waals surface area contributed by atoms with Crippen LogP contribution in [0, 0.1) is 0 Å². The number of carbonyl (C=O) groups excluding carboxylic acids is 1. The van der Waals surface area contributed by atoms with Crippen LogP contribution in [0.25, 0.3) is 0 Å². The summed E-state index contributed by atoms with van der Waals surface area (Å²) >= 11 is 0. The molecule has 0 bridgehead atoms. The van der Waals surface area contributed by atoms with E-state index in [-0.39, 0.29) is 5.91 Å². The van der Waals surface area contributed by atoms with Gasteiger partial charge in [-0.15, -0.1) is 10.2 Å². The minimum Gasteiger partial charge on any atom is -0.385 e. The van der Waals surface area contributed by atoms with E-state index in [0.29, 0.717) is 24.7 Å². The van der Waals surface area contributed by atoms with Crippen molar-refractivity contribution in [1.82, 2.24) is 15.5 Å². The maximum atomic E-state index is 11.7. The second-order valence-corrected chi connectivity index (χ2v) is 4.54. The molecular formula is C14H24N4O2. The lowest BCUT2D eigenvalue weighted by atomic mass is 10.2. The Morgan fingerprint density at radius 2 is 2.05 bits per heavy atom. The second-order valence-electron chi connectivity index (χ2n) is 4.54. The summed E-state index contributed by atoms with van der Waals surface area (Å²) in [7, 11) is 1.64. The van der Waals surface area contributed by atoms with Gasteiger partial charge in [0.2, 0.25) is 0 Å². The summed E-state index contributed by atoms with van der Waals surface area (Å²) in [5.41, 5.74) is 0.335. The highest BCUT2D eigenvalue weighted by Gasteiger charge is 2.07. The Bertz CT molecular complexity index is 381. The predicted octanol–water partition coefficient (Wildman–Crippen LogP) is 1.84. The van der Waals surface area contributed by atoms with E-state index in [0.717, 1.165) is 19.4 Å². The number of hydrogen-bond acceptors (Lipinski definition) is 5. The minimum atomic E-state index is -0.203. The van der Waals surface area contributed by atoms with Gasteiger partial charge in [-0.1, -0.05) is 19.8 Å². The molecule has 0 radical (unpaired) electrons. The molecule has 0 aliphatic rings. The van der Waals surface area contributed by atoms with E-state index < -0.39 is 0 Å². The van der Waals surface area contributed by atoms with Crippen molar-refractivity contribution in [3.8, 4) is 0 Å². The van der Waals surface area contributed by atoms with Crippen LogP contribution < -0.4 is 10.6 Å². The molecule has 6 heteroatoms. The van der Waals surface area contributed by atoms with Gasteiger partial charge in [0, 0.05) is 26.8 Å². The highest BCUT2D eigenvalue weighted by atomic mass is 16.5. The third-order valence-corrected chi connectivity index (χ3v) is 2.79. The summed E-state index contributed by atoms with van der Waals surface area (Å²) in [5.74, 6) is 0.503. The van der Waals surface area contributed by atoms with Crippen molar-refractivity contribution in [3.05, 3.63) is 17.8 Å². The normalized spacial score (nSPS) is 10.3. The first kappa shape index (κ1) is 16.4. The predicted molar refractivity (Wildman–Crippen MR) is 78.9 cm³/mol. The molecule has 0 saturated heterocycles. The van der Waals surface area contributed by atoms with Crippen LogP contribution in [0.4, 0.5) is 5.82 Å². The van der Waals surface area contributed by atoms with Crippen molar-refractivity contribution in [2.45, 2.75) is 32.6 Å². The number of ether oxygens (including phenoxy) is 1. The zero-order chi connectivity index (χ0) is 14.6. The fourth-order valence-corrected chi connectivity index (χ4v) is 1.65. The number of anilines is 1. The lowest BCUT2D eigenvalue weighted by Crippen LogP contribution is -2.26. The van der Waals surface area contributed by atoms with Crippen molar-refractivity contribution >= 4 is 11.7 Å². The number of nitrogens with zero attached hydrogens (tertiary/aromatic N) is 2. The van der Waals surface area contributed by atoms with Crippen molar-refractivity contribution < 1.29 is 9.53 Å². The number of carbonyl (C=O) groups is 1. The summed E-state index contributed by atoms with van der Waals surface area (Å²) in [6.45, 7) is 4.25. The van der Waals surface area contributed by atoms with Crippen molar-refractivity contribution in [3.63, 3.8) is 0 Å². The number of hydrogen-bond donors (Lipinski definition) is 2. The summed E-state index contributed by atoms with van der Waals surface area (Å²) in [4.78, 5) is 11.7. The molecule has 1 amide bonds. The molecule has 1 rings (SSSR count). The number of rotatable bonds is 10. The maximum Gasteiger partial charge on any atom is 0.271 e. The van der Waals surface area contributed by atoms with Gasteiger partial charge in [0.15, 0.2) is 5.69 Å². The monoisotopic (exact) mass is 280 g/mol. The van der Waals surface area contributed by atoms with E-state index in [2.05, 4.69) is 27.8 Å². The van der Waals surface area contributed by atoms with Crippen LogP contribution in [0.3, 0.4) is 0 Å². The fraction of sp³-hybridized carbons (Fsp3) is 0.643. The Labute approximate surface area is 120 Å². The van der Waals surface area contributed by atoms with E-state index in [1.165, 1.54) is 12.8 Å². The van der Waals surface area contributed by atoms with Crippen molar-refractivity contribution in [2.24, 2.45) is 0 Å². The molecule has 1 aromatic heterocycles. The van der Waals surface area contributed by atoms with Gasteiger partial charge in [-0.25, -0.2) is 0 Å². The Kier molecular flexibility index (Phi) is 8.30. The molecule has 0 aromatic carbocycles. The lowest BCUT2D eigenvalue weighted by Gasteiger charge is -2.06. The molecule has 1 heterocycles. The minimum absolute atomic E-state index is 0.203. The number of unbranched alkanes of at least 4 members (excludes halogenated alkanes) is 2. The highest BCUT2D eigenvalue weighted by Crippen LogP contribution is 2.03. The average molecular weight is 280 g/mol. The number of nitrogens with one attached hydrogen (secondary N) is 2. The zero-order valence-electron chi connectivity index (χ0n) is 12.3. The van der Waals surface area contributed by atoms with Gasteiger partial charge in [-0.05, 0) is 25.0 Å². The van der Waals surface area contributed by atoms with E-state index in [1.54, 1.807) is 19.2 Å². The van der Waals surface area contributed by atoms with Crippen molar-refractivity contribution in [1.29, 1.82) is 0 Å².